The fourth-order valence-electron chi connectivity index (χ4n) is 1.96. The van der Waals surface area contributed by atoms with E-state index >= 15 is 0 Å². The number of aromatic nitrogens is 1. The topological polar surface area (TPSA) is 108 Å². The SMILES string of the molecule is Cc1cc(C)c(C#N)c(SCC(=O)NC(=O)NCc2ccco2)n1. The van der Waals surface area contributed by atoms with Crippen LogP contribution >= 0.6 is 11.8 Å². The van der Waals surface area contributed by atoms with Crippen molar-refractivity contribution in [1.29, 1.82) is 5.26 Å². The van der Waals surface area contributed by atoms with Gasteiger partial charge in [-0.1, -0.05) is 11.8 Å². The van der Waals surface area contributed by atoms with E-state index < -0.39 is 11.9 Å². The van der Waals surface area contributed by atoms with Crippen molar-refractivity contribution < 1.29 is 14.0 Å². The van der Waals surface area contributed by atoms with E-state index in [1.807, 2.05) is 19.9 Å². The number of urea groups is 1. The third kappa shape index (κ3) is 4.86. The molecule has 2 heterocycles. The largest absolute Gasteiger partial charge is 0.467 e. The number of amides is 3. The van der Waals surface area contributed by atoms with E-state index in [-0.39, 0.29) is 12.3 Å². The summed E-state index contributed by atoms with van der Waals surface area (Å²) in [6.45, 7) is 3.83. The molecule has 0 aliphatic rings. The third-order valence-corrected chi connectivity index (χ3v) is 3.99. The van der Waals surface area contributed by atoms with Crippen LogP contribution in [0.1, 0.15) is 22.6 Å². The summed E-state index contributed by atoms with van der Waals surface area (Å²) in [7, 11) is 0. The van der Waals surface area contributed by atoms with E-state index in [9.17, 15) is 14.9 Å². The molecule has 2 rings (SSSR count). The Bertz CT molecular complexity index is 781. The number of rotatable bonds is 5. The van der Waals surface area contributed by atoms with Crippen LogP contribution < -0.4 is 10.6 Å². The molecule has 0 spiro atoms. The predicted molar refractivity (Wildman–Crippen MR) is 88.2 cm³/mol. The molecule has 8 heteroatoms. The molecule has 0 radical (unpaired) electrons. The summed E-state index contributed by atoms with van der Waals surface area (Å²) in [6, 6.07) is 6.72. The number of furan rings is 1. The van der Waals surface area contributed by atoms with Gasteiger partial charge in [0.2, 0.25) is 5.91 Å². The highest BCUT2D eigenvalue weighted by Gasteiger charge is 2.13. The first-order chi connectivity index (χ1) is 11.5. The van der Waals surface area contributed by atoms with Crippen LogP contribution in [0.5, 0.6) is 0 Å². The number of imide groups is 1. The van der Waals surface area contributed by atoms with E-state index in [1.165, 1.54) is 6.26 Å². The van der Waals surface area contributed by atoms with Crippen LogP contribution in [-0.4, -0.2) is 22.7 Å². The molecule has 0 saturated carbocycles. The van der Waals surface area contributed by atoms with Gasteiger partial charge < -0.3 is 9.73 Å². The fourth-order valence-corrected chi connectivity index (χ4v) is 2.86. The highest BCUT2D eigenvalue weighted by atomic mass is 32.2. The zero-order valence-corrected chi connectivity index (χ0v) is 14.1. The summed E-state index contributed by atoms with van der Waals surface area (Å²) in [5.41, 5.74) is 2.02. The molecule has 0 saturated heterocycles. The lowest BCUT2D eigenvalue weighted by atomic mass is 10.1. The van der Waals surface area contributed by atoms with E-state index in [1.54, 1.807) is 12.1 Å². The second-order valence-corrected chi connectivity index (χ2v) is 5.94. The number of hydrogen-bond donors (Lipinski definition) is 2. The Labute approximate surface area is 143 Å². The van der Waals surface area contributed by atoms with Crippen molar-refractivity contribution in [1.82, 2.24) is 15.6 Å². The normalized spacial score (nSPS) is 10.0. The van der Waals surface area contributed by atoms with Gasteiger partial charge in [-0.05, 0) is 37.6 Å². The number of carbonyl (C=O) groups is 2. The first-order valence-electron chi connectivity index (χ1n) is 7.11. The average molecular weight is 344 g/mol. The summed E-state index contributed by atoms with van der Waals surface area (Å²) in [6.07, 6.45) is 1.50. The maximum absolute atomic E-state index is 11.8. The monoisotopic (exact) mass is 344 g/mol. The molecule has 2 N–H and O–H groups in total. The highest BCUT2D eigenvalue weighted by molar-refractivity contribution is 8.00. The fraction of sp³-hybridized carbons (Fsp3) is 0.250. The van der Waals surface area contributed by atoms with Gasteiger partial charge in [0.05, 0.1) is 24.1 Å². The summed E-state index contributed by atoms with van der Waals surface area (Å²) >= 11 is 1.12. The van der Waals surface area contributed by atoms with Crippen LogP contribution in [0.4, 0.5) is 4.79 Å². The molecule has 2 aromatic rings. The van der Waals surface area contributed by atoms with Crippen LogP contribution in [0.3, 0.4) is 0 Å². The molecular weight excluding hydrogens is 328 g/mol. The Morgan fingerprint density at radius 2 is 2.21 bits per heavy atom. The lowest BCUT2D eigenvalue weighted by Gasteiger charge is -2.08. The van der Waals surface area contributed by atoms with Gasteiger partial charge in [-0.3, -0.25) is 10.1 Å². The number of hydrogen-bond acceptors (Lipinski definition) is 6. The number of aryl methyl sites for hydroxylation is 2. The van der Waals surface area contributed by atoms with Crippen molar-refractivity contribution in [2.75, 3.05) is 5.75 Å². The van der Waals surface area contributed by atoms with Gasteiger partial charge in [0.15, 0.2) is 0 Å². The molecule has 3 amide bonds. The van der Waals surface area contributed by atoms with Crippen LogP contribution in [0.15, 0.2) is 33.9 Å². The van der Waals surface area contributed by atoms with E-state index in [2.05, 4.69) is 21.7 Å². The molecule has 0 atom stereocenters. The van der Waals surface area contributed by atoms with E-state index in [0.29, 0.717) is 16.3 Å². The Balaban J connectivity index is 1.85. The van der Waals surface area contributed by atoms with Gasteiger partial charge in [-0.25, -0.2) is 9.78 Å². The Kier molecular flexibility index (Phi) is 5.98. The molecule has 124 valence electrons. The van der Waals surface area contributed by atoms with Crippen molar-refractivity contribution in [2.24, 2.45) is 0 Å². The number of nitrogens with one attached hydrogen (secondary N) is 2. The van der Waals surface area contributed by atoms with Crippen LogP contribution in [0.25, 0.3) is 0 Å². The molecular formula is C16H16N4O3S. The number of thioether (sulfide) groups is 1. The van der Waals surface area contributed by atoms with E-state index in [4.69, 9.17) is 4.42 Å². The first kappa shape index (κ1) is 17.6. The Hall–Kier alpha value is -2.79. The van der Waals surface area contributed by atoms with Crippen LogP contribution in [0.2, 0.25) is 0 Å². The number of nitrogens with zero attached hydrogens (tertiary/aromatic N) is 2. The van der Waals surface area contributed by atoms with Crippen molar-refractivity contribution >= 4 is 23.7 Å². The number of carbonyl (C=O) groups excluding carboxylic acids is 2. The van der Waals surface area contributed by atoms with Gasteiger partial charge in [0.25, 0.3) is 0 Å². The zero-order chi connectivity index (χ0) is 17.5. The predicted octanol–water partition coefficient (Wildman–Crippen LogP) is 2.28. The lowest BCUT2D eigenvalue weighted by molar-refractivity contribution is -0.117. The Morgan fingerprint density at radius 3 is 2.88 bits per heavy atom. The third-order valence-electron chi connectivity index (χ3n) is 3.02. The number of nitriles is 1. The van der Waals surface area contributed by atoms with Gasteiger partial charge in [0.1, 0.15) is 16.9 Å². The average Bonchev–Trinajstić information content (AvgIpc) is 3.04. The quantitative estimate of drug-likeness (QED) is 0.806. The minimum absolute atomic E-state index is 0.0151. The summed E-state index contributed by atoms with van der Waals surface area (Å²) in [5.74, 6) is 0.102. The lowest BCUT2D eigenvalue weighted by Crippen LogP contribution is -2.39. The summed E-state index contributed by atoms with van der Waals surface area (Å²) in [4.78, 5) is 27.7. The van der Waals surface area contributed by atoms with Crippen molar-refractivity contribution in [2.45, 2.75) is 25.4 Å². The van der Waals surface area contributed by atoms with Crippen LogP contribution in [-0.2, 0) is 11.3 Å². The molecule has 0 aliphatic carbocycles. The van der Waals surface area contributed by atoms with Crippen LogP contribution in [0, 0.1) is 25.2 Å². The van der Waals surface area contributed by atoms with Gasteiger partial charge in [0, 0.05) is 5.69 Å². The second kappa shape index (κ2) is 8.17. The molecule has 0 bridgehead atoms. The Morgan fingerprint density at radius 1 is 1.42 bits per heavy atom. The molecule has 0 aliphatic heterocycles. The maximum Gasteiger partial charge on any atom is 0.321 e. The van der Waals surface area contributed by atoms with E-state index in [0.717, 1.165) is 23.0 Å². The molecule has 7 nitrogen and oxygen atoms in total. The van der Waals surface area contributed by atoms with Crippen molar-refractivity contribution in [3.05, 3.63) is 47.0 Å². The smallest absolute Gasteiger partial charge is 0.321 e. The molecule has 0 aromatic carbocycles. The van der Waals surface area contributed by atoms with Gasteiger partial charge in [-0.15, -0.1) is 0 Å². The van der Waals surface area contributed by atoms with Gasteiger partial charge in [-0.2, -0.15) is 5.26 Å². The molecule has 2 aromatic heterocycles. The van der Waals surface area contributed by atoms with Crippen molar-refractivity contribution in [3.63, 3.8) is 0 Å². The minimum atomic E-state index is -0.606. The van der Waals surface area contributed by atoms with Gasteiger partial charge >= 0.3 is 6.03 Å². The first-order valence-corrected chi connectivity index (χ1v) is 8.09. The summed E-state index contributed by atoms with van der Waals surface area (Å²) < 4.78 is 5.07. The highest BCUT2D eigenvalue weighted by Crippen LogP contribution is 2.23. The number of pyridine rings is 1. The molecule has 0 unspecified atom stereocenters. The minimum Gasteiger partial charge on any atom is -0.467 e. The molecule has 0 fully saturated rings. The summed E-state index contributed by atoms with van der Waals surface area (Å²) in [5, 5.41) is 14.4. The molecule has 24 heavy (non-hydrogen) atoms. The second-order valence-electron chi connectivity index (χ2n) is 4.97. The van der Waals surface area contributed by atoms with Crippen molar-refractivity contribution in [3.8, 4) is 6.07 Å². The maximum atomic E-state index is 11.8. The standard InChI is InChI=1S/C16H16N4O3S/c1-10-6-11(2)19-15(13(10)7-17)24-9-14(21)20-16(22)18-8-12-4-3-5-23-12/h3-6H,8-9H2,1-2H3,(H2,18,20,21,22). The zero-order valence-electron chi connectivity index (χ0n) is 13.3.